The summed E-state index contributed by atoms with van der Waals surface area (Å²) in [5.41, 5.74) is -3.47. The van der Waals surface area contributed by atoms with Gasteiger partial charge in [-0.2, -0.15) is 13.2 Å². The van der Waals surface area contributed by atoms with Crippen LogP contribution in [0.3, 0.4) is 0 Å². The number of hydrogen-bond donors (Lipinski definition) is 3. The lowest BCUT2D eigenvalue weighted by Crippen LogP contribution is -2.58. The highest BCUT2D eigenvalue weighted by Crippen LogP contribution is 2.57. The molecule has 0 amide bonds. The van der Waals surface area contributed by atoms with Crippen molar-refractivity contribution < 1.29 is 27.8 Å². The van der Waals surface area contributed by atoms with Crippen LogP contribution in [-0.4, -0.2) is 38.5 Å². The predicted molar refractivity (Wildman–Crippen MR) is 117 cm³/mol. The van der Waals surface area contributed by atoms with Crippen molar-refractivity contribution in [3.05, 3.63) is 58.3 Å². The van der Waals surface area contributed by atoms with Gasteiger partial charge < -0.3 is 15.5 Å². The minimum absolute atomic E-state index is 0.00891. The summed E-state index contributed by atoms with van der Waals surface area (Å²) >= 11 is 6.04. The third kappa shape index (κ3) is 3.87. The molecular formula is C23H22ClF4N3O2. The lowest BCUT2D eigenvalue weighted by Gasteiger charge is -2.49. The molecule has 3 N–H and O–H groups in total. The van der Waals surface area contributed by atoms with Crippen LogP contribution in [0.15, 0.2) is 30.5 Å². The molecule has 2 unspecified atom stereocenters. The summed E-state index contributed by atoms with van der Waals surface area (Å²) in [5, 5.41) is 24.9. The number of hydrogen-bond acceptors (Lipinski definition) is 5. The van der Waals surface area contributed by atoms with Crippen LogP contribution in [0, 0.1) is 12.7 Å². The number of nitrogens with one attached hydrogen (secondary N) is 1. The summed E-state index contributed by atoms with van der Waals surface area (Å²) in [4.78, 5) is 8.25. The van der Waals surface area contributed by atoms with Gasteiger partial charge in [0.25, 0.3) is 0 Å². The molecule has 0 saturated heterocycles. The Balaban J connectivity index is 1.83. The van der Waals surface area contributed by atoms with Gasteiger partial charge in [-0.25, -0.2) is 14.4 Å². The number of alkyl halides is 3. The Morgan fingerprint density at radius 3 is 2.61 bits per heavy atom. The first kappa shape index (κ1) is 23.5. The van der Waals surface area contributed by atoms with E-state index in [4.69, 9.17) is 11.6 Å². The van der Waals surface area contributed by atoms with Gasteiger partial charge in [0.1, 0.15) is 17.4 Å². The number of aromatic nitrogens is 2. The van der Waals surface area contributed by atoms with E-state index in [1.165, 1.54) is 38.2 Å². The standard InChI is InChI=1S/C23H22ClF4N3O2/c1-11-29-8-14-17(6-12(25)7-18(14)31-11)30-9-15-13-4-5-16(24)20(32)19(13)21(2,3)10-22(15,33)23(26,27)28/h4-8,15,30,32-33H,9-10H2,1-3H3. The van der Waals surface area contributed by atoms with E-state index in [-0.39, 0.29) is 27.6 Å². The fraction of sp³-hybridized carbons (Fsp3) is 0.391. The van der Waals surface area contributed by atoms with Crippen LogP contribution < -0.4 is 5.32 Å². The first-order chi connectivity index (χ1) is 15.2. The molecule has 10 heteroatoms. The van der Waals surface area contributed by atoms with Crippen LogP contribution in [0.2, 0.25) is 5.02 Å². The molecule has 33 heavy (non-hydrogen) atoms. The van der Waals surface area contributed by atoms with Crippen molar-refractivity contribution in [3.63, 3.8) is 0 Å². The van der Waals surface area contributed by atoms with E-state index in [1.807, 2.05) is 0 Å². The largest absolute Gasteiger partial charge is 0.506 e. The molecule has 0 spiro atoms. The minimum Gasteiger partial charge on any atom is -0.506 e. The number of aryl methyl sites for hydroxylation is 1. The van der Waals surface area contributed by atoms with E-state index >= 15 is 0 Å². The van der Waals surface area contributed by atoms with Gasteiger partial charge in [-0.15, -0.1) is 0 Å². The van der Waals surface area contributed by atoms with E-state index in [0.717, 1.165) is 6.07 Å². The molecule has 5 nitrogen and oxygen atoms in total. The van der Waals surface area contributed by atoms with Crippen molar-refractivity contribution in [2.45, 2.75) is 50.3 Å². The van der Waals surface area contributed by atoms with Gasteiger partial charge in [0.15, 0.2) is 5.60 Å². The Morgan fingerprint density at radius 2 is 1.94 bits per heavy atom. The predicted octanol–water partition coefficient (Wildman–Crippen LogP) is 5.61. The minimum atomic E-state index is -4.96. The van der Waals surface area contributed by atoms with Crippen LogP contribution in [0.5, 0.6) is 5.75 Å². The summed E-state index contributed by atoms with van der Waals surface area (Å²) < 4.78 is 56.9. The highest BCUT2D eigenvalue weighted by atomic mass is 35.5. The normalized spacial score (nSPS) is 22.3. The van der Waals surface area contributed by atoms with Crippen LogP contribution in [0.25, 0.3) is 10.9 Å². The summed E-state index contributed by atoms with van der Waals surface area (Å²) in [6, 6.07) is 5.03. The number of anilines is 1. The zero-order valence-corrected chi connectivity index (χ0v) is 18.8. The second-order valence-corrected chi connectivity index (χ2v) is 9.49. The van der Waals surface area contributed by atoms with Gasteiger partial charge in [0.05, 0.1) is 10.5 Å². The highest BCUT2D eigenvalue weighted by Gasteiger charge is 2.63. The lowest BCUT2D eigenvalue weighted by atomic mass is 9.61. The highest BCUT2D eigenvalue weighted by molar-refractivity contribution is 6.32. The lowest BCUT2D eigenvalue weighted by molar-refractivity contribution is -0.277. The van der Waals surface area contributed by atoms with Crippen LogP contribution in [0.4, 0.5) is 23.2 Å². The summed E-state index contributed by atoms with van der Waals surface area (Å²) in [6.45, 7) is 4.27. The van der Waals surface area contributed by atoms with Gasteiger partial charge in [-0.1, -0.05) is 31.5 Å². The van der Waals surface area contributed by atoms with Gasteiger partial charge in [-0.05, 0) is 36.5 Å². The molecule has 1 aromatic heterocycles. The third-order valence-corrected chi connectivity index (χ3v) is 6.58. The number of benzene rings is 2. The van der Waals surface area contributed by atoms with E-state index in [9.17, 15) is 27.8 Å². The number of phenolic OH excluding ortho intramolecular Hbond substituents is 1. The van der Waals surface area contributed by atoms with E-state index in [0.29, 0.717) is 16.7 Å². The average Bonchev–Trinajstić information content (AvgIpc) is 2.68. The van der Waals surface area contributed by atoms with Crippen LogP contribution in [0.1, 0.15) is 43.1 Å². The number of rotatable bonds is 3. The molecule has 0 radical (unpaired) electrons. The van der Waals surface area contributed by atoms with Crippen molar-refractivity contribution in [1.82, 2.24) is 9.97 Å². The smallest absolute Gasteiger partial charge is 0.417 e. The first-order valence-electron chi connectivity index (χ1n) is 10.2. The molecule has 4 rings (SSSR count). The molecule has 2 aromatic carbocycles. The molecule has 1 heterocycles. The van der Waals surface area contributed by atoms with Gasteiger partial charge in [0, 0.05) is 41.4 Å². The van der Waals surface area contributed by atoms with Crippen LogP contribution >= 0.6 is 11.6 Å². The number of phenols is 1. The Kier molecular flexibility index (Phi) is 5.48. The van der Waals surface area contributed by atoms with Crippen LogP contribution in [-0.2, 0) is 5.41 Å². The molecule has 0 aliphatic heterocycles. The number of halogens is 5. The van der Waals surface area contributed by atoms with Gasteiger partial charge in [0.2, 0.25) is 0 Å². The van der Waals surface area contributed by atoms with Crippen molar-refractivity contribution in [3.8, 4) is 5.75 Å². The average molecular weight is 484 g/mol. The van der Waals surface area contributed by atoms with Crippen molar-refractivity contribution in [2.75, 3.05) is 11.9 Å². The zero-order valence-electron chi connectivity index (χ0n) is 18.1. The zero-order chi connectivity index (χ0) is 24.3. The molecule has 0 saturated carbocycles. The second kappa shape index (κ2) is 7.70. The Labute approximate surface area is 192 Å². The summed E-state index contributed by atoms with van der Waals surface area (Å²) in [5.74, 6) is -2.02. The maximum absolute atomic E-state index is 14.2. The molecule has 1 aliphatic carbocycles. The first-order valence-corrected chi connectivity index (χ1v) is 10.6. The Hall–Kier alpha value is -2.65. The number of aromatic hydroxyl groups is 1. The Morgan fingerprint density at radius 1 is 1.24 bits per heavy atom. The fourth-order valence-electron chi connectivity index (χ4n) is 4.85. The molecule has 3 aromatic rings. The molecule has 0 bridgehead atoms. The quantitative estimate of drug-likeness (QED) is 0.422. The van der Waals surface area contributed by atoms with E-state index in [2.05, 4.69) is 15.3 Å². The van der Waals surface area contributed by atoms with Gasteiger partial charge in [-0.3, -0.25) is 0 Å². The van der Waals surface area contributed by atoms with Crippen molar-refractivity contribution in [1.29, 1.82) is 0 Å². The number of fused-ring (bicyclic) bond motifs is 2. The monoisotopic (exact) mass is 483 g/mol. The topological polar surface area (TPSA) is 78.3 Å². The molecule has 2 atom stereocenters. The summed E-state index contributed by atoms with van der Waals surface area (Å²) in [6.07, 6.45) is -4.20. The van der Waals surface area contributed by atoms with E-state index < -0.39 is 41.9 Å². The molecule has 1 aliphatic rings. The number of nitrogens with zero attached hydrogens (tertiary/aromatic N) is 2. The van der Waals surface area contributed by atoms with Crippen molar-refractivity contribution in [2.24, 2.45) is 0 Å². The summed E-state index contributed by atoms with van der Waals surface area (Å²) in [7, 11) is 0. The van der Waals surface area contributed by atoms with Crippen molar-refractivity contribution >= 4 is 28.2 Å². The molecule has 0 fully saturated rings. The van der Waals surface area contributed by atoms with E-state index in [1.54, 1.807) is 6.92 Å². The third-order valence-electron chi connectivity index (χ3n) is 6.27. The fourth-order valence-corrected chi connectivity index (χ4v) is 5.01. The molecule has 176 valence electrons. The maximum atomic E-state index is 14.2. The Bertz CT molecular complexity index is 1240. The second-order valence-electron chi connectivity index (χ2n) is 9.08. The maximum Gasteiger partial charge on any atom is 0.417 e. The van der Waals surface area contributed by atoms with Gasteiger partial charge >= 0.3 is 6.18 Å². The number of aliphatic hydroxyl groups is 1. The SMILES string of the molecule is Cc1ncc2c(NCC3c4ccc(Cl)c(O)c4C(C)(C)CC3(O)C(F)(F)F)cc(F)cc2n1. The molecular weight excluding hydrogens is 462 g/mol.